The summed E-state index contributed by atoms with van der Waals surface area (Å²) in [4.78, 5) is 0. The summed E-state index contributed by atoms with van der Waals surface area (Å²) in [6.07, 6.45) is 0. The van der Waals surface area contributed by atoms with Crippen molar-refractivity contribution in [3.05, 3.63) is 35.3 Å². The van der Waals surface area contributed by atoms with Crippen LogP contribution in [0.2, 0.25) is 0 Å². The third kappa shape index (κ3) is 1.28. The molecule has 3 rings (SSSR count). The van der Waals surface area contributed by atoms with Crippen molar-refractivity contribution >= 4 is 10.9 Å². The first-order valence-corrected chi connectivity index (χ1v) is 5.67. The molecule has 3 heteroatoms. The zero-order valence-corrected chi connectivity index (χ0v) is 9.55. The van der Waals surface area contributed by atoms with E-state index in [2.05, 4.69) is 22.9 Å². The second-order valence-corrected chi connectivity index (χ2v) is 4.65. The monoisotopic (exact) mass is 218 g/mol. The van der Waals surface area contributed by atoms with Crippen LogP contribution in [-0.4, -0.2) is 11.1 Å². The van der Waals surface area contributed by atoms with E-state index in [-0.39, 0.29) is 5.82 Å². The van der Waals surface area contributed by atoms with Gasteiger partial charge in [0.15, 0.2) is 0 Å². The molecular formula is C13H15FN2. The lowest BCUT2D eigenvalue weighted by molar-refractivity contribution is 0.439. The molecule has 0 unspecified atom stereocenters. The standard InChI is InChI=1S/C13H15FN2/c1-8-3-13-10(5-12(8)14)4-11-7-15-6-9(2)16(11)13/h3-5,9,15H,6-7H2,1-2H3/t9-/m1/s1. The fraction of sp³-hybridized carbons (Fsp3) is 0.385. The van der Waals surface area contributed by atoms with Crippen LogP contribution in [0.5, 0.6) is 0 Å². The minimum absolute atomic E-state index is 0.115. The number of aromatic nitrogens is 1. The van der Waals surface area contributed by atoms with Gasteiger partial charge in [0.2, 0.25) is 0 Å². The van der Waals surface area contributed by atoms with Crippen LogP contribution in [-0.2, 0) is 6.54 Å². The quantitative estimate of drug-likeness (QED) is 0.719. The van der Waals surface area contributed by atoms with Crippen LogP contribution in [0.15, 0.2) is 18.2 Å². The largest absolute Gasteiger partial charge is 0.339 e. The van der Waals surface area contributed by atoms with Crippen LogP contribution >= 0.6 is 0 Å². The van der Waals surface area contributed by atoms with E-state index in [1.807, 2.05) is 13.0 Å². The number of aryl methyl sites for hydroxylation is 1. The number of nitrogens with one attached hydrogen (secondary N) is 1. The molecule has 1 aromatic heterocycles. The highest BCUT2D eigenvalue weighted by atomic mass is 19.1. The van der Waals surface area contributed by atoms with Gasteiger partial charge < -0.3 is 9.88 Å². The van der Waals surface area contributed by atoms with Crippen LogP contribution < -0.4 is 5.32 Å². The van der Waals surface area contributed by atoms with Gasteiger partial charge in [0.1, 0.15) is 5.82 Å². The molecule has 16 heavy (non-hydrogen) atoms. The first-order chi connectivity index (χ1) is 7.66. The van der Waals surface area contributed by atoms with Gasteiger partial charge in [-0.1, -0.05) is 0 Å². The molecule has 1 aliphatic heterocycles. The van der Waals surface area contributed by atoms with E-state index >= 15 is 0 Å². The molecule has 0 spiro atoms. The summed E-state index contributed by atoms with van der Waals surface area (Å²) in [6.45, 7) is 5.86. The Morgan fingerprint density at radius 2 is 2.19 bits per heavy atom. The summed E-state index contributed by atoms with van der Waals surface area (Å²) in [5.74, 6) is -0.115. The maximum Gasteiger partial charge on any atom is 0.126 e. The van der Waals surface area contributed by atoms with Crippen molar-refractivity contribution in [3.63, 3.8) is 0 Å². The Bertz CT molecular complexity index is 557. The van der Waals surface area contributed by atoms with Gasteiger partial charge in [0, 0.05) is 35.7 Å². The average molecular weight is 218 g/mol. The highest BCUT2D eigenvalue weighted by molar-refractivity contribution is 5.82. The SMILES string of the molecule is Cc1cc2c(cc1F)cc1n2[C@H](C)CNC1. The van der Waals surface area contributed by atoms with E-state index < -0.39 is 0 Å². The Labute approximate surface area is 94.1 Å². The summed E-state index contributed by atoms with van der Waals surface area (Å²) in [6, 6.07) is 6.12. The van der Waals surface area contributed by atoms with Crippen molar-refractivity contribution < 1.29 is 4.39 Å². The van der Waals surface area contributed by atoms with Crippen molar-refractivity contribution in [1.29, 1.82) is 0 Å². The molecule has 84 valence electrons. The van der Waals surface area contributed by atoms with E-state index in [1.165, 1.54) is 5.69 Å². The first-order valence-electron chi connectivity index (χ1n) is 5.67. The zero-order valence-electron chi connectivity index (χ0n) is 9.55. The minimum atomic E-state index is -0.115. The van der Waals surface area contributed by atoms with Crippen molar-refractivity contribution in [1.82, 2.24) is 9.88 Å². The second-order valence-electron chi connectivity index (χ2n) is 4.65. The van der Waals surface area contributed by atoms with Crippen molar-refractivity contribution in [2.45, 2.75) is 26.4 Å². The number of halogens is 1. The predicted octanol–water partition coefficient (Wildman–Crippen LogP) is 2.75. The lowest BCUT2D eigenvalue weighted by Crippen LogP contribution is -2.30. The maximum atomic E-state index is 13.5. The Morgan fingerprint density at radius 1 is 1.38 bits per heavy atom. The Morgan fingerprint density at radius 3 is 3.00 bits per heavy atom. The van der Waals surface area contributed by atoms with Gasteiger partial charge in [-0.15, -0.1) is 0 Å². The molecule has 2 nitrogen and oxygen atoms in total. The highest BCUT2D eigenvalue weighted by Gasteiger charge is 2.18. The molecule has 0 aliphatic carbocycles. The fourth-order valence-electron chi connectivity index (χ4n) is 2.57. The number of hydrogen-bond acceptors (Lipinski definition) is 1. The van der Waals surface area contributed by atoms with Crippen molar-refractivity contribution in [2.24, 2.45) is 0 Å². The lowest BCUT2D eigenvalue weighted by atomic mass is 10.1. The van der Waals surface area contributed by atoms with Gasteiger partial charge in [0.05, 0.1) is 0 Å². The van der Waals surface area contributed by atoms with E-state index in [4.69, 9.17) is 0 Å². The number of benzene rings is 1. The average Bonchev–Trinajstić information content (AvgIpc) is 2.58. The van der Waals surface area contributed by atoms with Crippen molar-refractivity contribution in [2.75, 3.05) is 6.54 Å². The number of nitrogens with zero attached hydrogens (tertiary/aromatic N) is 1. The Kier molecular flexibility index (Phi) is 2.04. The lowest BCUT2D eigenvalue weighted by Gasteiger charge is -2.24. The summed E-state index contributed by atoms with van der Waals surface area (Å²) < 4.78 is 15.8. The van der Waals surface area contributed by atoms with E-state index in [0.29, 0.717) is 6.04 Å². The number of hydrogen-bond donors (Lipinski definition) is 1. The van der Waals surface area contributed by atoms with Gasteiger partial charge in [-0.2, -0.15) is 0 Å². The van der Waals surface area contributed by atoms with Crippen LogP contribution in [0.25, 0.3) is 10.9 Å². The van der Waals surface area contributed by atoms with Crippen LogP contribution in [0.4, 0.5) is 4.39 Å². The van der Waals surface area contributed by atoms with Gasteiger partial charge in [-0.25, -0.2) is 4.39 Å². The Balaban J connectivity index is 2.34. The summed E-state index contributed by atoms with van der Waals surface area (Å²) in [5.41, 5.74) is 3.13. The van der Waals surface area contributed by atoms with Gasteiger partial charge in [0.25, 0.3) is 0 Å². The fourth-order valence-corrected chi connectivity index (χ4v) is 2.57. The molecule has 0 fully saturated rings. The van der Waals surface area contributed by atoms with Crippen LogP contribution in [0, 0.1) is 12.7 Å². The molecule has 1 atom stereocenters. The topological polar surface area (TPSA) is 17.0 Å². The molecular weight excluding hydrogens is 203 g/mol. The summed E-state index contributed by atoms with van der Waals surface area (Å²) in [5, 5.41) is 4.37. The molecule has 0 amide bonds. The maximum absolute atomic E-state index is 13.5. The molecule has 0 radical (unpaired) electrons. The normalized spacial score (nSPS) is 20.1. The molecule has 0 saturated heterocycles. The molecule has 0 bridgehead atoms. The van der Waals surface area contributed by atoms with Gasteiger partial charge in [-0.05, 0) is 37.6 Å². The third-order valence-corrected chi connectivity index (χ3v) is 3.39. The van der Waals surface area contributed by atoms with Crippen LogP contribution in [0.3, 0.4) is 0 Å². The van der Waals surface area contributed by atoms with Gasteiger partial charge >= 0.3 is 0 Å². The highest BCUT2D eigenvalue weighted by Crippen LogP contribution is 2.28. The van der Waals surface area contributed by atoms with E-state index in [1.54, 1.807) is 6.07 Å². The third-order valence-electron chi connectivity index (χ3n) is 3.39. The number of rotatable bonds is 0. The van der Waals surface area contributed by atoms with Gasteiger partial charge in [-0.3, -0.25) is 0 Å². The molecule has 2 heterocycles. The van der Waals surface area contributed by atoms with E-state index in [0.717, 1.165) is 29.6 Å². The zero-order chi connectivity index (χ0) is 11.3. The summed E-state index contributed by atoms with van der Waals surface area (Å²) >= 11 is 0. The van der Waals surface area contributed by atoms with E-state index in [9.17, 15) is 4.39 Å². The first kappa shape index (κ1) is 9.85. The second kappa shape index (κ2) is 3.32. The minimum Gasteiger partial charge on any atom is -0.339 e. The predicted molar refractivity (Wildman–Crippen MR) is 63.1 cm³/mol. The molecule has 1 aromatic carbocycles. The van der Waals surface area contributed by atoms with Crippen molar-refractivity contribution in [3.8, 4) is 0 Å². The summed E-state index contributed by atoms with van der Waals surface area (Å²) in [7, 11) is 0. The molecule has 0 saturated carbocycles. The number of fused-ring (bicyclic) bond motifs is 3. The molecule has 2 aromatic rings. The smallest absolute Gasteiger partial charge is 0.126 e. The van der Waals surface area contributed by atoms with Crippen LogP contribution in [0.1, 0.15) is 24.2 Å². The Hall–Kier alpha value is -1.35. The molecule has 1 aliphatic rings. The molecule has 1 N–H and O–H groups in total.